The highest BCUT2D eigenvalue weighted by Crippen LogP contribution is 2.38. The molecular weight excluding hydrogens is 774 g/mol. The van der Waals surface area contributed by atoms with Crippen molar-refractivity contribution < 1.29 is 42.1 Å². The maximum Gasteiger partial charge on any atom is 0.306 e. The number of carbonyl (C=O) groups excluding carboxylic acids is 2. The SMILES string of the molecule is CCCCCCCC/C=C/CCCCCCCCCCCCCC(=O)O[C@H](COC(=O)CC/C=C/CCCCCCCCCCCCC)COP(=O)([O-])OCC[N+](C)(C)C. The van der Waals surface area contributed by atoms with Crippen molar-refractivity contribution in [3.8, 4) is 0 Å². The Morgan fingerprint density at radius 3 is 1.30 bits per heavy atom. The zero-order valence-electron chi connectivity index (χ0n) is 39.9. The number of unbranched alkanes of at least 4 members (excludes halogenated alkanes) is 28. The van der Waals surface area contributed by atoms with Crippen LogP contribution in [-0.4, -0.2) is 70.0 Å². The van der Waals surface area contributed by atoms with E-state index in [0.717, 1.165) is 32.1 Å². The molecule has 60 heavy (non-hydrogen) atoms. The Balaban J connectivity index is 4.27. The average Bonchev–Trinajstić information content (AvgIpc) is 3.20. The minimum atomic E-state index is -4.63. The molecule has 0 aromatic rings. The maximum atomic E-state index is 12.7. The van der Waals surface area contributed by atoms with E-state index in [4.69, 9.17) is 18.5 Å². The van der Waals surface area contributed by atoms with Crippen LogP contribution >= 0.6 is 7.82 Å². The summed E-state index contributed by atoms with van der Waals surface area (Å²) in [4.78, 5) is 37.6. The van der Waals surface area contributed by atoms with Gasteiger partial charge in [-0.1, -0.05) is 192 Å². The van der Waals surface area contributed by atoms with Crippen molar-refractivity contribution in [3.05, 3.63) is 24.3 Å². The highest BCUT2D eigenvalue weighted by atomic mass is 31.2. The molecule has 0 aromatic heterocycles. The van der Waals surface area contributed by atoms with Gasteiger partial charge in [0, 0.05) is 12.8 Å². The molecule has 0 aromatic carbocycles. The molecule has 0 radical (unpaired) electrons. The lowest BCUT2D eigenvalue weighted by Gasteiger charge is -2.28. The molecule has 10 heteroatoms. The van der Waals surface area contributed by atoms with Gasteiger partial charge < -0.3 is 27.9 Å². The Morgan fingerprint density at radius 1 is 0.500 bits per heavy atom. The summed E-state index contributed by atoms with van der Waals surface area (Å²) < 4.78 is 34.0. The number of quaternary nitrogens is 1. The molecule has 0 fully saturated rings. The number of carbonyl (C=O) groups is 2. The van der Waals surface area contributed by atoms with E-state index in [-0.39, 0.29) is 26.1 Å². The molecule has 2 atom stereocenters. The zero-order valence-corrected chi connectivity index (χ0v) is 40.8. The summed E-state index contributed by atoms with van der Waals surface area (Å²) in [5.41, 5.74) is 0. The van der Waals surface area contributed by atoms with Gasteiger partial charge in [-0.2, -0.15) is 0 Å². The molecule has 9 nitrogen and oxygen atoms in total. The number of phosphoric acid groups is 1. The first-order valence-corrected chi connectivity index (χ1v) is 26.5. The van der Waals surface area contributed by atoms with Gasteiger partial charge in [-0.3, -0.25) is 14.2 Å². The van der Waals surface area contributed by atoms with Crippen LogP contribution in [0, 0.1) is 0 Å². The highest BCUT2D eigenvalue weighted by Gasteiger charge is 2.21. The van der Waals surface area contributed by atoms with Crippen LogP contribution in [0.1, 0.15) is 232 Å². The molecule has 0 saturated carbocycles. The second kappa shape index (κ2) is 42.8. The molecule has 0 N–H and O–H groups in total. The lowest BCUT2D eigenvalue weighted by Crippen LogP contribution is -2.37. The normalized spacial score (nSPS) is 13.6. The molecule has 0 aliphatic heterocycles. The van der Waals surface area contributed by atoms with Crippen LogP contribution in [-0.2, 0) is 32.7 Å². The predicted molar refractivity (Wildman–Crippen MR) is 250 cm³/mol. The number of ether oxygens (including phenoxy) is 2. The Labute approximate surface area is 370 Å². The standard InChI is InChI=1S/C50H96NO8P/c1-6-8-10-12-14-16-18-20-22-23-24-25-26-27-29-31-33-35-37-39-41-43-50(53)59-48(47-58-60(54,55)57-45-44-51(3,4)5)46-56-49(52)42-40-38-36-34-32-30-28-21-19-17-15-13-11-9-7-2/h20,22,36,38,48H,6-19,21,23-35,37,39-47H2,1-5H3/b22-20+,38-36+/t48-/m1/s1. The van der Waals surface area contributed by atoms with Crippen molar-refractivity contribution in [1.82, 2.24) is 0 Å². The largest absolute Gasteiger partial charge is 0.756 e. The summed E-state index contributed by atoms with van der Waals surface area (Å²) in [6.45, 7) is 4.21. The van der Waals surface area contributed by atoms with Gasteiger partial charge in [0.1, 0.15) is 19.8 Å². The fraction of sp³-hybridized carbons (Fsp3) is 0.880. The van der Waals surface area contributed by atoms with Gasteiger partial charge in [-0.15, -0.1) is 0 Å². The van der Waals surface area contributed by atoms with Crippen LogP contribution < -0.4 is 4.89 Å². The summed E-state index contributed by atoms with van der Waals surface area (Å²) in [5, 5.41) is 0. The van der Waals surface area contributed by atoms with Crippen LogP contribution in [0.15, 0.2) is 24.3 Å². The van der Waals surface area contributed by atoms with E-state index < -0.39 is 32.5 Å². The van der Waals surface area contributed by atoms with Crippen molar-refractivity contribution in [2.75, 3.05) is 47.5 Å². The van der Waals surface area contributed by atoms with Crippen LogP contribution in [0.5, 0.6) is 0 Å². The number of likely N-dealkylation sites (N-methyl/N-ethyl adjacent to an activating group) is 1. The van der Waals surface area contributed by atoms with Crippen LogP contribution in [0.25, 0.3) is 0 Å². The molecule has 0 rings (SSSR count). The summed E-state index contributed by atoms with van der Waals surface area (Å²) in [7, 11) is 1.16. The second-order valence-electron chi connectivity index (χ2n) is 18.2. The third-order valence-electron chi connectivity index (χ3n) is 11.0. The van der Waals surface area contributed by atoms with Gasteiger partial charge in [0.25, 0.3) is 7.82 Å². The number of allylic oxidation sites excluding steroid dienone is 4. The molecule has 1 unspecified atom stereocenters. The monoisotopic (exact) mass is 870 g/mol. The molecule has 0 heterocycles. The number of nitrogens with zero attached hydrogens (tertiary/aromatic N) is 1. The number of hydrogen-bond donors (Lipinski definition) is 0. The first-order chi connectivity index (χ1) is 29.0. The Morgan fingerprint density at radius 2 is 0.883 bits per heavy atom. The van der Waals surface area contributed by atoms with Crippen LogP contribution in [0.4, 0.5) is 0 Å². The minimum Gasteiger partial charge on any atom is -0.756 e. The Bertz CT molecular complexity index is 1070. The fourth-order valence-electron chi connectivity index (χ4n) is 7.02. The number of hydrogen-bond acceptors (Lipinski definition) is 8. The molecule has 0 amide bonds. The number of phosphoric ester groups is 1. The maximum absolute atomic E-state index is 12.7. The smallest absolute Gasteiger partial charge is 0.306 e. The van der Waals surface area contributed by atoms with E-state index >= 15 is 0 Å². The first kappa shape index (κ1) is 58.5. The van der Waals surface area contributed by atoms with Gasteiger partial charge in [0.05, 0.1) is 27.7 Å². The minimum absolute atomic E-state index is 0.0338. The van der Waals surface area contributed by atoms with Gasteiger partial charge in [-0.05, 0) is 51.4 Å². The lowest BCUT2D eigenvalue weighted by molar-refractivity contribution is -0.870. The Hall–Kier alpha value is -1.51. The van der Waals surface area contributed by atoms with Crippen LogP contribution in [0.2, 0.25) is 0 Å². The summed E-state index contributed by atoms with van der Waals surface area (Å²) in [6.07, 6.45) is 47.9. The molecule has 0 aliphatic carbocycles. The fourth-order valence-corrected chi connectivity index (χ4v) is 7.75. The van der Waals surface area contributed by atoms with E-state index in [9.17, 15) is 19.0 Å². The lowest BCUT2D eigenvalue weighted by atomic mass is 10.0. The molecule has 0 aliphatic rings. The van der Waals surface area contributed by atoms with Crippen molar-refractivity contribution in [2.45, 2.75) is 238 Å². The molecule has 0 bridgehead atoms. The predicted octanol–water partition coefficient (Wildman–Crippen LogP) is 14.1. The van der Waals surface area contributed by atoms with Crippen molar-refractivity contribution >= 4 is 19.8 Å². The van der Waals surface area contributed by atoms with Gasteiger partial charge in [-0.25, -0.2) is 0 Å². The molecule has 354 valence electrons. The van der Waals surface area contributed by atoms with Gasteiger partial charge in [0.15, 0.2) is 6.10 Å². The Kier molecular flexibility index (Phi) is 41.7. The van der Waals surface area contributed by atoms with E-state index in [2.05, 4.69) is 32.1 Å². The molecular formula is C50H96NO8P. The zero-order chi connectivity index (χ0) is 44.3. The first-order valence-electron chi connectivity index (χ1n) is 25.0. The van der Waals surface area contributed by atoms with E-state index in [1.807, 2.05) is 27.2 Å². The topological polar surface area (TPSA) is 111 Å². The van der Waals surface area contributed by atoms with Gasteiger partial charge >= 0.3 is 11.9 Å². The van der Waals surface area contributed by atoms with Crippen molar-refractivity contribution in [2.24, 2.45) is 0 Å². The molecule has 0 spiro atoms. The van der Waals surface area contributed by atoms with E-state index in [0.29, 0.717) is 23.9 Å². The third kappa shape index (κ3) is 46.0. The second-order valence-corrected chi connectivity index (χ2v) is 19.6. The van der Waals surface area contributed by atoms with E-state index in [1.165, 1.54) is 161 Å². The average molecular weight is 870 g/mol. The van der Waals surface area contributed by atoms with E-state index in [1.54, 1.807) is 0 Å². The summed E-state index contributed by atoms with van der Waals surface area (Å²) in [5.74, 6) is -0.883. The van der Waals surface area contributed by atoms with Gasteiger partial charge in [0.2, 0.25) is 0 Å². The quantitative estimate of drug-likeness (QED) is 0.0195. The summed E-state index contributed by atoms with van der Waals surface area (Å²) >= 11 is 0. The number of rotatable bonds is 46. The van der Waals surface area contributed by atoms with Crippen molar-refractivity contribution in [3.63, 3.8) is 0 Å². The summed E-state index contributed by atoms with van der Waals surface area (Å²) in [6, 6.07) is 0. The number of esters is 2. The third-order valence-corrected chi connectivity index (χ3v) is 11.9. The highest BCUT2D eigenvalue weighted by molar-refractivity contribution is 7.45. The van der Waals surface area contributed by atoms with Crippen LogP contribution in [0.3, 0.4) is 0 Å². The molecule has 0 saturated heterocycles. The van der Waals surface area contributed by atoms with Crippen molar-refractivity contribution in [1.29, 1.82) is 0 Å².